The van der Waals surface area contributed by atoms with Crippen LogP contribution in [0.4, 0.5) is 0 Å². The summed E-state index contributed by atoms with van der Waals surface area (Å²) in [5, 5.41) is 9.15. The molecule has 4 heteroatoms. The number of nitrogens with zero attached hydrogens (tertiary/aromatic N) is 1. The Hall–Kier alpha value is -2.36. The highest BCUT2D eigenvalue weighted by molar-refractivity contribution is 5.80. The molecule has 1 N–H and O–H groups in total. The van der Waals surface area contributed by atoms with Gasteiger partial charge in [0.15, 0.2) is 0 Å². The fourth-order valence-corrected chi connectivity index (χ4v) is 1.93. The van der Waals surface area contributed by atoms with Crippen LogP contribution in [-0.2, 0) is 4.79 Å². The van der Waals surface area contributed by atoms with Crippen LogP contribution in [-0.4, -0.2) is 23.2 Å². The lowest BCUT2D eigenvalue weighted by molar-refractivity contribution is -0.138. The number of carboxylic acid groups (broad SMARTS) is 1. The molecule has 2 aromatic rings. The van der Waals surface area contributed by atoms with Crippen molar-refractivity contribution in [2.75, 3.05) is 7.11 Å². The molecule has 0 aliphatic heterocycles. The second-order valence-corrected chi connectivity index (χ2v) is 4.24. The number of benzene rings is 1. The first-order valence-electron chi connectivity index (χ1n) is 5.95. The van der Waals surface area contributed by atoms with E-state index in [-0.39, 0.29) is 0 Å². The Bertz CT molecular complexity index is 578. The summed E-state index contributed by atoms with van der Waals surface area (Å²) < 4.78 is 5.02. The maximum atomic E-state index is 11.1. The van der Waals surface area contributed by atoms with E-state index < -0.39 is 11.9 Å². The normalized spacial score (nSPS) is 11.9. The molecule has 0 fully saturated rings. The summed E-state index contributed by atoms with van der Waals surface area (Å²) in [5.74, 6) is -0.861. The van der Waals surface area contributed by atoms with Crippen molar-refractivity contribution in [2.45, 2.75) is 12.8 Å². The monoisotopic (exact) mass is 257 g/mol. The Morgan fingerprint density at radius 2 is 2.00 bits per heavy atom. The third-order valence-corrected chi connectivity index (χ3v) is 3.05. The lowest BCUT2D eigenvalue weighted by atomic mass is 9.92. The van der Waals surface area contributed by atoms with E-state index >= 15 is 0 Å². The molecule has 1 heterocycles. The van der Waals surface area contributed by atoms with E-state index in [1.807, 2.05) is 30.3 Å². The van der Waals surface area contributed by atoms with Crippen molar-refractivity contribution in [3.63, 3.8) is 0 Å². The Labute approximate surface area is 111 Å². The SMILES string of the molecule is COc1ccc(-c2ccccc2C(C)C(=O)O)cn1. The van der Waals surface area contributed by atoms with Crippen molar-refractivity contribution >= 4 is 5.97 Å². The Kier molecular flexibility index (Phi) is 3.80. The molecule has 1 unspecified atom stereocenters. The molecule has 2 rings (SSSR count). The smallest absolute Gasteiger partial charge is 0.310 e. The van der Waals surface area contributed by atoms with Gasteiger partial charge in [-0.15, -0.1) is 0 Å². The number of aliphatic carboxylic acids is 1. The number of carboxylic acids is 1. The lowest BCUT2D eigenvalue weighted by Crippen LogP contribution is -2.08. The van der Waals surface area contributed by atoms with Gasteiger partial charge >= 0.3 is 5.97 Å². The van der Waals surface area contributed by atoms with Gasteiger partial charge in [0.25, 0.3) is 0 Å². The molecule has 0 saturated heterocycles. The Morgan fingerprint density at radius 3 is 2.58 bits per heavy atom. The predicted octanol–water partition coefficient (Wildman–Crippen LogP) is 2.95. The first-order chi connectivity index (χ1) is 9.13. The molecule has 0 aliphatic carbocycles. The van der Waals surface area contributed by atoms with E-state index in [2.05, 4.69) is 4.98 Å². The van der Waals surface area contributed by atoms with Crippen LogP contribution >= 0.6 is 0 Å². The lowest BCUT2D eigenvalue weighted by Gasteiger charge is -2.13. The summed E-state index contributed by atoms with van der Waals surface area (Å²) in [4.78, 5) is 15.3. The van der Waals surface area contributed by atoms with Gasteiger partial charge in [0.1, 0.15) is 0 Å². The van der Waals surface area contributed by atoms with Crippen LogP contribution in [0, 0.1) is 0 Å². The largest absolute Gasteiger partial charge is 0.481 e. The standard InChI is InChI=1S/C15H15NO3/c1-10(15(17)18)12-5-3-4-6-13(12)11-7-8-14(19-2)16-9-11/h3-10H,1-2H3,(H,17,18). The third kappa shape index (κ3) is 2.73. The molecule has 1 aromatic heterocycles. The zero-order valence-electron chi connectivity index (χ0n) is 10.8. The highest BCUT2D eigenvalue weighted by Gasteiger charge is 2.17. The van der Waals surface area contributed by atoms with Crippen molar-refractivity contribution in [3.8, 4) is 17.0 Å². The number of pyridine rings is 1. The van der Waals surface area contributed by atoms with Gasteiger partial charge in [-0.25, -0.2) is 4.98 Å². The van der Waals surface area contributed by atoms with E-state index in [4.69, 9.17) is 9.84 Å². The first kappa shape index (κ1) is 13.1. The average Bonchev–Trinajstić information content (AvgIpc) is 2.46. The molecular formula is C15H15NO3. The van der Waals surface area contributed by atoms with Gasteiger partial charge in [0.05, 0.1) is 13.0 Å². The van der Waals surface area contributed by atoms with Crippen LogP contribution < -0.4 is 4.74 Å². The number of hydrogen-bond acceptors (Lipinski definition) is 3. The van der Waals surface area contributed by atoms with E-state index in [1.165, 1.54) is 0 Å². The minimum absolute atomic E-state index is 0.535. The van der Waals surface area contributed by atoms with Crippen molar-refractivity contribution in [1.29, 1.82) is 0 Å². The summed E-state index contributed by atoms with van der Waals surface area (Å²) in [7, 11) is 1.56. The number of carbonyl (C=O) groups is 1. The summed E-state index contributed by atoms with van der Waals surface area (Å²) >= 11 is 0. The van der Waals surface area contributed by atoms with Crippen LogP contribution in [0.25, 0.3) is 11.1 Å². The van der Waals surface area contributed by atoms with Crippen LogP contribution in [0.3, 0.4) is 0 Å². The van der Waals surface area contributed by atoms with Crippen molar-refractivity contribution in [1.82, 2.24) is 4.98 Å². The van der Waals surface area contributed by atoms with Crippen molar-refractivity contribution in [3.05, 3.63) is 48.2 Å². The molecular weight excluding hydrogens is 242 g/mol. The molecule has 0 spiro atoms. The summed E-state index contributed by atoms with van der Waals surface area (Å²) in [6.45, 7) is 1.68. The minimum atomic E-state index is -0.839. The second kappa shape index (κ2) is 5.52. The Morgan fingerprint density at radius 1 is 1.26 bits per heavy atom. The molecule has 1 aromatic carbocycles. The van der Waals surface area contributed by atoms with Gasteiger partial charge < -0.3 is 9.84 Å². The van der Waals surface area contributed by atoms with Crippen LogP contribution in [0.15, 0.2) is 42.6 Å². The molecule has 4 nitrogen and oxygen atoms in total. The number of methoxy groups -OCH3 is 1. The van der Waals surface area contributed by atoms with Crippen LogP contribution in [0.1, 0.15) is 18.4 Å². The predicted molar refractivity (Wildman–Crippen MR) is 72.3 cm³/mol. The fourth-order valence-electron chi connectivity index (χ4n) is 1.93. The van der Waals surface area contributed by atoms with E-state index in [0.29, 0.717) is 5.88 Å². The van der Waals surface area contributed by atoms with Gasteiger partial charge in [-0.1, -0.05) is 24.3 Å². The van der Waals surface area contributed by atoms with Crippen LogP contribution in [0.2, 0.25) is 0 Å². The number of rotatable bonds is 4. The van der Waals surface area contributed by atoms with Gasteiger partial charge in [-0.05, 0) is 24.1 Å². The van der Waals surface area contributed by atoms with E-state index in [9.17, 15) is 4.79 Å². The average molecular weight is 257 g/mol. The summed E-state index contributed by atoms with van der Waals surface area (Å²) in [6, 6.07) is 11.1. The van der Waals surface area contributed by atoms with Crippen molar-refractivity contribution in [2.24, 2.45) is 0 Å². The topological polar surface area (TPSA) is 59.4 Å². The van der Waals surface area contributed by atoms with Gasteiger partial charge in [0.2, 0.25) is 5.88 Å². The quantitative estimate of drug-likeness (QED) is 0.914. The van der Waals surface area contributed by atoms with Crippen molar-refractivity contribution < 1.29 is 14.6 Å². The molecule has 0 bridgehead atoms. The van der Waals surface area contributed by atoms with Gasteiger partial charge in [-0.3, -0.25) is 4.79 Å². The maximum Gasteiger partial charge on any atom is 0.310 e. The second-order valence-electron chi connectivity index (χ2n) is 4.24. The first-order valence-corrected chi connectivity index (χ1v) is 5.95. The molecule has 0 amide bonds. The highest BCUT2D eigenvalue weighted by atomic mass is 16.5. The number of aromatic nitrogens is 1. The Balaban J connectivity index is 2.46. The number of hydrogen-bond donors (Lipinski definition) is 1. The molecule has 19 heavy (non-hydrogen) atoms. The van der Waals surface area contributed by atoms with E-state index in [0.717, 1.165) is 16.7 Å². The summed E-state index contributed by atoms with van der Waals surface area (Å²) in [5.41, 5.74) is 2.54. The van der Waals surface area contributed by atoms with E-state index in [1.54, 1.807) is 26.3 Å². The molecule has 0 radical (unpaired) electrons. The fraction of sp³-hybridized carbons (Fsp3) is 0.200. The zero-order chi connectivity index (χ0) is 13.8. The molecule has 0 saturated carbocycles. The number of ether oxygens (including phenoxy) is 1. The maximum absolute atomic E-state index is 11.1. The molecule has 98 valence electrons. The third-order valence-electron chi connectivity index (χ3n) is 3.05. The van der Waals surface area contributed by atoms with Gasteiger partial charge in [-0.2, -0.15) is 0 Å². The summed E-state index contributed by atoms with van der Waals surface area (Å²) in [6.07, 6.45) is 1.69. The van der Waals surface area contributed by atoms with Gasteiger partial charge in [0, 0.05) is 17.8 Å². The molecule has 1 atom stereocenters. The highest BCUT2D eigenvalue weighted by Crippen LogP contribution is 2.29. The van der Waals surface area contributed by atoms with Crippen LogP contribution in [0.5, 0.6) is 5.88 Å². The molecule has 0 aliphatic rings. The minimum Gasteiger partial charge on any atom is -0.481 e. The zero-order valence-corrected chi connectivity index (χ0v) is 10.8.